The second-order valence-corrected chi connectivity index (χ2v) is 5.42. The average Bonchev–Trinajstić information content (AvgIpc) is 3.10. The number of amides is 2. The van der Waals surface area contributed by atoms with E-state index < -0.39 is 0 Å². The van der Waals surface area contributed by atoms with E-state index in [2.05, 4.69) is 12.2 Å². The Bertz CT molecular complexity index is 650. The first-order valence-electron chi connectivity index (χ1n) is 7.78. The molecule has 0 unspecified atom stereocenters. The lowest BCUT2D eigenvalue weighted by molar-refractivity contribution is 0.0793. The van der Waals surface area contributed by atoms with Crippen molar-refractivity contribution in [3.05, 3.63) is 59.5 Å². The molecule has 0 spiro atoms. The van der Waals surface area contributed by atoms with Crippen molar-refractivity contribution >= 4 is 11.8 Å². The Hall–Kier alpha value is -2.56. The van der Waals surface area contributed by atoms with Gasteiger partial charge in [-0.2, -0.15) is 0 Å². The smallest absolute Gasteiger partial charge is 0.253 e. The number of carbonyl (C=O) groups excluding carboxylic acids is 2. The lowest BCUT2D eigenvalue weighted by atomic mass is 10.1. The van der Waals surface area contributed by atoms with Crippen LogP contribution in [0, 0.1) is 0 Å². The van der Waals surface area contributed by atoms with Gasteiger partial charge in [-0.1, -0.05) is 19.4 Å². The Labute approximate surface area is 136 Å². The highest BCUT2D eigenvalue weighted by Gasteiger charge is 2.14. The van der Waals surface area contributed by atoms with Crippen molar-refractivity contribution in [1.29, 1.82) is 0 Å². The summed E-state index contributed by atoms with van der Waals surface area (Å²) in [5.74, 6) is 0.385. The van der Waals surface area contributed by atoms with Gasteiger partial charge >= 0.3 is 0 Å². The molecule has 1 heterocycles. The van der Waals surface area contributed by atoms with Crippen molar-refractivity contribution in [3.63, 3.8) is 0 Å². The zero-order chi connectivity index (χ0) is 16.7. The third-order valence-corrected chi connectivity index (χ3v) is 3.57. The first kappa shape index (κ1) is 16.8. The fourth-order valence-corrected chi connectivity index (χ4v) is 2.19. The number of benzene rings is 1. The van der Waals surface area contributed by atoms with Crippen molar-refractivity contribution in [3.8, 4) is 0 Å². The zero-order valence-electron chi connectivity index (χ0n) is 13.5. The van der Waals surface area contributed by atoms with Crippen LogP contribution in [0.1, 0.15) is 46.2 Å². The summed E-state index contributed by atoms with van der Waals surface area (Å²) in [6, 6.07) is 10.3. The zero-order valence-corrected chi connectivity index (χ0v) is 13.5. The van der Waals surface area contributed by atoms with Gasteiger partial charge in [0.1, 0.15) is 5.76 Å². The van der Waals surface area contributed by atoms with E-state index in [9.17, 15) is 9.59 Å². The van der Waals surface area contributed by atoms with E-state index in [0.29, 0.717) is 30.0 Å². The van der Waals surface area contributed by atoms with Crippen LogP contribution in [0.3, 0.4) is 0 Å². The van der Waals surface area contributed by atoms with Crippen LogP contribution >= 0.6 is 0 Å². The maximum atomic E-state index is 12.3. The quantitative estimate of drug-likeness (QED) is 0.854. The van der Waals surface area contributed by atoms with Crippen molar-refractivity contribution in [2.45, 2.75) is 26.3 Å². The molecular weight excluding hydrogens is 292 g/mol. The fourth-order valence-electron chi connectivity index (χ4n) is 2.19. The monoisotopic (exact) mass is 314 g/mol. The number of rotatable bonds is 7. The van der Waals surface area contributed by atoms with Gasteiger partial charge in [-0.15, -0.1) is 0 Å². The molecule has 5 nitrogen and oxygen atoms in total. The summed E-state index contributed by atoms with van der Waals surface area (Å²) in [5.41, 5.74) is 0.987. The van der Waals surface area contributed by atoms with Crippen LogP contribution in [0.5, 0.6) is 0 Å². The summed E-state index contributed by atoms with van der Waals surface area (Å²) in [5, 5.41) is 2.77. The number of hydrogen-bond acceptors (Lipinski definition) is 3. The van der Waals surface area contributed by atoms with Gasteiger partial charge < -0.3 is 14.6 Å². The maximum Gasteiger partial charge on any atom is 0.253 e. The highest BCUT2D eigenvalue weighted by Crippen LogP contribution is 2.09. The van der Waals surface area contributed by atoms with E-state index in [4.69, 9.17) is 4.42 Å². The van der Waals surface area contributed by atoms with Crippen LogP contribution in [0.4, 0.5) is 0 Å². The first-order valence-corrected chi connectivity index (χ1v) is 7.78. The standard InChI is InChI=1S/C18H22N2O3/c1-3-4-10-20(2)18(22)15-8-5-7-14(12-15)17(21)19-13-16-9-6-11-23-16/h5-9,11-12H,3-4,10,13H2,1-2H3,(H,19,21). The molecule has 2 rings (SSSR count). The Morgan fingerprint density at radius 2 is 1.96 bits per heavy atom. The molecule has 0 bridgehead atoms. The first-order chi connectivity index (χ1) is 11.1. The minimum atomic E-state index is -0.229. The van der Waals surface area contributed by atoms with Crippen LogP contribution in [-0.2, 0) is 6.54 Å². The van der Waals surface area contributed by atoms with Crippen molar-refractivity contribution in [2.24, 2.45) is 0 Å². The van der Waals surface area contributed by atoms with Gasteiger partial charge in [0.05, 0.1) is 12.8 Å². The Balaban J connectivity index is 2.00. The molecule has 0 atom stereocenters. The second kappa shape index (κ2) is 8.17. The summed E-state index contributed by atoms with van der Waals surface area (Å²) in [7, 11) is 1.78. The highest BCUT2D eigenvalue weighted by molar-refractivity contribution is 5.99. The summed E-state index contributed by atoms with van der Waals surface area (Å²) < 4.78 is 5.18. The Kier molecular flexibility index (Phi) is 5.97. The maximum absolute atomic E-state index is 12.3. The lowest BCUT2D eigenvalue weighted by Gasteiger charge is -2.17. The summed E-state index contributed by atoms with van der Waals surface area (Å²) in [6.07, 6.45) is 3.56. The summed E-state index contributed by atoms with van der Waals surface area (Å²) in [6.45, 7) is 3.12. The molecule has 0 aliphatic heterocycles. The van der Waals surface area contributed by atoms with Gasteiger partial charge in [-0.05, 0) is 36.8 Å². The largest absolute Gasteiger partial charge is 0.467 e. The molecule has 0 saturated carbocycles. The van der Waals surface area contributed by atoms with Crippen molar-refractivity contribution in [2.75, 3.05) is 13.6 Å². The number of nitrogens with zero attached hydrogens (tertiary/aromatic N) is 1. The minimum absolute atomic E-state index is 0.0702. The number of nitrogens with one attached hydrogen (secondary N) is 1. The molecule has 5 heteroatoms. The van der Waals surface area contributed by atoms with E-state index >= 15 is 0 Å². The van der Waals surface area contributed by atoms with E-state index in [1.807, 2.05) is 0 Å². The topological polar surface area (TPSA) is 62.6 Å². The molecule has 2 aromatic rings. The highest BCUT2D eigenvalue weighted by atomic mass is 16.3. The van der Waals surface area contributed by atoms with E-state index in [-0.39, 0.29) is 11.8 Å². The summed E-state index contributed by atoms with van der Waals surface area (Å²) >= 11 is 0. The molecule has 0 aliphatic carbocycles. The van der Waals surface area contributed by atoms with Crippen LogP contribution in [-0.4, -0.2) is 30.3 Å². The molecule has 0 aliphatic rings. The molecule has 1 aromatic carbocycles. The third-order valence-electron chi connectivity index (χ3n) is 3.57. The van der Waals surface area contributed by atoms with Gasteiger partial charge in [0.25, 0.3) is 11.8 Å². The van der Waals surface area contributed by atoms with Crippen LogP contribution in [0.2, 0.25) is 0 Å². The Morgan fingerprint density at radius 1 is 1.17 bits per heavy atom. The third kappa shape index (κ3) is 4.71. The number of unbranched alkanes of at least 4 members (excludes halogenated alkanes) is 1. The SMILES string of the molecule is CCCCN(C)C(=O)c1cccc(C(=O)NCc2ccco2)c1. The molecule has 0 saturated heterocycles. The van der Waals surface area contributed by atoms with Gasteiger partial charge in [0.2, 0.25) is 0 Å². The predicted molar refractivity (Wildman–Crippen MR) is 88.2 cm³/mol. The number of carbonyl (C=O) groups is 2. The molecule has 23 heavy (non-hydrogen) atoms. The average molecular weight is 314 g/mol. The van der Waals surface area contributed by atoms with Gasteiger partial charge in [-0.3, -0.25) is 9.59 Å². The normalized spacial score (nSPS) is 10.3. The predicted octanol–water partition coefficient (Wildman–Crippen LogP) is 3.08. The number of hydrogen-bond donors (Lipinski definition) is 1. The molecular formula is C18H22N2O3. The van der Waals surface area contributed by atoms with Crippen LogP contribution in [0.15, 0.2) is 47.1 Å². The van der Waals surface area contributed by atoms with Gasteiger partial charge in [-0.25, -0.2) is 0 Å². The van der Waals surface area contributed by atoms with Crippen LogP contribution < -0.4 is 5.32 Å². The van der Waals surface area contributed by atoms with Crippen molar-refractivity contribution < 1.29 is 14.0 Å². The molecule has 1 aromatic heterocycles. The summed E-state index contributed by atoms with van der Waals surface area (Å²) in [4.78, 5) is 26.2. The molecule has 2 amide bonds. The van der Waals surface area contributed by atoms with Crippen molar-refractivity contribution in [1.82, 2.24) is 10.2 Å². The van der Waals surface area contributed by atoms with E-state index in [0.717, 1.165) is 12.8 Å². The molecule has 1 N–H and O–H groups in total. The van der Waals surface area contributed by atoms with E-state index in [1.54, 1.807) is 54.6 Å². The number of furan rings is 1. The molecule has 0 radical (unpaired) electrons. The van der Waals surface area contributed by atoms with E-state index in [1.165, 1.54) is 0 Å². The van der Waals surface area contributed by atoms with Gasteiger partial charge in [0, 0.05) is 24.7 Å². The van der Waals surface area contributed by atoms with Gasteiger partial charge in [0.15, 0.2) is 0 Å². The molecule has 122 valence electrons. The molecule has 0 fully saturated rings. The lowest BCUT2D eigenvalue weighted by Crippen LogP contribution is -2.28. The van der Waals surface area contributed by atoms with Crippen LogP contribution in [0.25, 0.3) is 0 Å². The Morgan fingerprint density at radius 3 is 2.65 bits per heavy atom. The minimum Gasteiger partial charge on any atom is -0.467 e. The fraction of sp³-hybridized carbons (Fsp3) is 0.333. The second-order valence-electron chi connectivity index (χ2n) is 5.42.